The third-order valence-electron chi connectivity index (χ3n) is 2.76. The topological polar surface area (TPSA) is 92.3 Å². The van der Waals surface area contributed by atoms with E-state index in [9.17, 15) is 18.0 Å². The number of piperidine rings is 1. The van der Waals surface area contributed by atoms with Crippen molar-refractivity contribution < 1.29 is 18.0 Å². The molecule has 0 saturated carbocycles. The smallest absolute Gasteiger partial charge is 0.244 e. The third-order valence-corrected chi connectivity index (χ3v) is 4.12. The first-order chi connectivity index (χ1) is 8.96. The molecule has 0 spiro atoms. The third kappa shape index (κ3) is 3.87. The lowest BCUT2D eigenvalue weighted by Crippen LogP contribution is -2.52. The Labute approximate surface area is 111 Å². The summed E-state index contributed by atoms with van der Waals surface area (Å²) in [7, 11) is -3.61. The second-order valence-corrected chi connectivity index (χ2v) is 6.12. The average Bonchev–Trinajstić information content (AvgIpc) is 2.33. The van der Waals surface area contributed by atoms with E-state index in [-0.39, 0.29) is 24.5 Å². The maximum Gasteiger partial charge on any atom is 0.244 e. The molecule has 2 rings (SSSR count). The van der Waals surface area contributed by atoms with E-state index in [0.717, 1.165) is 0 Å². The largest absolute Gasteiger partial charge is 0.295 e. The van der Waals surface area contributed by atoms with Gasteiger partial charge >= 0.3 is 0 Å². The van der Waals surface area contributed by atoms with Crippen molar-refractivity contribution in [2.75, 3.05) is 0 Å². The van der Waals surface area contributed by atoms with E-state index in [1.54, 1.807) is 30.3 Å². The number of nitrogens with one attached hydrogen (secondary N) is 2. The van der Waals surface area contributed by atoms with Gasteiger partial charge in [0.2, 0.25) is 21.8 Å². The highest BCUT2D eigenvalue weighted by molar-refractivity contribution is 7.88. The summed E-state index contributed by atoms with van der Waals surface area (Å²) in [5.41, 5.74) is 0.641. The van der Waals surface area contributed by atoms with E-state index in [2.05, 4.69) is 10.0 Å². The fourth-order valence-corrected chi connectivity index (χ4v) is 3.23. The van der Waals surface area contributed by atoms with Crippen molar-refractivity contribution in [3.8, 4) is 0 Å². The highest BCUT2D eigenvalue weighted by Gasteiger charge is 2.29. The fourth-order valence-electron chi connectivity index (χ4n) is 1.86. The van der Waals surface area contributed by atoms with Crippen LogP contribution in [0.1, 0.15) is 18.4 Å². The van der Waals surface area contributed by atoms with Crippen LogP contribution in [0.5, 0.6) is 0 Å². The van der Waals surface area contributed by atoms with Crippen LogP contribution in [0, 0.1) is 0 Å². The van der Waals surface area contributed by atoms with Crippen molar-refractivity contribution in [3.05, 3.63) is 35.9 Å². The SMILES string of the molecule is O=C1CCC(NS(=O)(=O)Cc2ccccc2)C(=O)N1. The molecular formula is C12H14N2O4S. The molecule has 1 heterocycles. The molecule has 1 saturated heterocycles. The van der Waals surface area contributed by atoms with Gasteiger partial charge in [-0.1, -0.05) is 30.3 Å². The van der Waals surface area contributed by atoms with E-state index >= 15 is 0 Å². The van der Waals surface area contributed by atoms with Crippen molar-refractivity contribution in [2.24, 2.45) is 0 Å². The molecule has 1 aliphatic heterocycles. The zero-order chi connectivity index (χ0) is 13.9. The molecule has 0 bridgehead atoms. The van der Waals surface area contributed by atoms with Gasteiger partial charge in [-0.15, -0.1) is 0 Å². The Kier molecular flexibility index (Phi) is 3.96. The van der Waals surface area contributed by atoms with Crippen LogP contribution < -0.4 is 10.0 Å². The van der Waals surface area contributed by atoms with Crippen LogP contribution in [0.3, 0.4) is 0 Å². The first-order valence-corrected chi connectivity index (χ1v) is 7.49. The summed E-state index contributed by atoms with van der Waals surface area (Å²) in [6, 6.07) is 7.82. The molecule has 0 radical (unpaired) electrons. The number of imide groups is 1. The Morgan fingerprint density at radius 1 is 1.21 bits per heavy atom. The molecule has 2 amide bonds. The molecule has 1 fully saturated rings. The Morgan fingerprint density at radius 2 is 1.89 bits per heavy atom. The number of sulfonamides is 1. The first kappa shape index (κ1) is 13.7. The monoisotopic (exact) mass is 282 g/mol. The molecule has 1 atom stereocenters. The predicted octanol–water partition coefficient (Wildman–Crippen LogP) is -0.0888. The predicted molar refractivity (Wildman–Crippen MR) is 68.4 cm³/mol. The van der Waals surface area contributed by atoms with Crippen molar-refractivity contribution >= 4 is 21.8 Å². The molecule has 0 aliphatic carbocycles. The summed E-state index contributed by atoms with van der Waals surface area (Å²) in [4.78, 5) is 22.4. The molecule has 1 aromatic carbocycles. The van der Waals surface area contributed by atoms with Crippen LogP contribution in [0.15, 0.2) is 30.3 Å². The van der Waals surface area contributed by atoms with Gasteiger partial charge in [-0.05, 0) is 12.0 Å². The van der Waals surface area contributed by atoms with Gasteiger partial charge in [-0.25, -0.2) is 13.1 Å². The summed E-state index contributed by atoms with van der Waals surface area (Å²) in [6.45, 7) is 0. The number of benzene rings is 1. The molecule has 6 nitrogen and oxygen atoms in total. The minimum atomic E-state index is -3.61. The highest BCUT2D eigenvalue weighted by Crippen LogP contribution is 2.09. The lowest BCUT2D eigenvalue weighted by Gasteiger charge is -2.21. The Bertz CT molecular complexity index is 583. The van der Waals surface area contributed by atoms with Gasteiger partial charge < -0.3 is 0 Å². The van der Waals surface area contributed by atoms with Crippen LogP contribution >= 0.6 is 0 Å². The van der Waals surface area contributed by atoms with E-state index in [1.165, 1.54) is 0 Å². The number of carbonyl (C=O) groups is 2. The van der Waals surface area contributed by atoms with Crippen molar-refractivity contribution in [1.82, 2.24) is 10.0 Å². The zero-order valence-electron chi connectivity index (χ0n) is 10.1. The highest BCUT2D eigenvalue weighted by atomic mass is 32.2. The normalized spacial score (nSPS) is 20.1. The van der Waals surface area contributed by atoms with E-state index in [0.29, 0.717) is 5.56 Å². The number of rotatable bonds is 4. The number of amides is 2. The number of hydrogen-bond acceptors (Lipinski definition) is 4. The summed E-state index contributed by atoms with van der Waals surface area (Å²) in [5, 5.41) is 2.11. The second-order valence-electron chi connectivity index (χ2n) is 4.37. The molecule has 19 heavy (non-hydrogen) atoms. The number of hydrogen-bond donors (Lipinski definition) is 2. The Balaban J connectivity index is 2.01. The van der Waals surface area contributed by atoms with Gasteiger partial charge in [0.15, 0.2) is 0 Å². The van der Waals surface area contributed by atoms with Crippen molar-refractivity contribution in [3.63, 3.8) is 0 Å². The van der Waals surface area contributed by atoms with E-state index in [1.807, 2.05) is 0 Å². The van der Waals surface area contributed by atoms with Crippen molar-refractivity contribution in [1.29, 1.82) is 0 Å². The van der Waals surface area contributed by atoms with Gasteiger partial charge in [0.05, 0.1) is 5.75 Å². The molecule has 1 unspecified atom stereocenters. The molecule has 2 N–H and O–H groups in total. The van der Waals surface area contributed by atoms with Crippen LogP contribution in [-0.4, -0.2) is 26.3 Å². The van der Waals surface area contributed by atoms with Crippen molar-refractivity contribution in [2.45, 2.75) is 24.6 Å². The molecule has 102 valence electrons. The maximum atomic E-state index is 11.9. The van der Waals surface area contributed by atoms with Crippen LogP contribution in [0.2, 0.25) is 0 Å². The maximum absolute atomic E-state index is 11.9. The molecular weight excluding hydrogens is 268 g/mol. The van der Waals surface area contributed by atoms with Crippen LogP contribution in [0.4, 0.5) is 0 Å². The Hall–Kier alpha value is -1.73. The average molecular weight is 282 g/mol. The van der Waals surface area contributed by atoms with Gasteiger partial charge in [-0.3, -0.25) is 14.9 Å². The fraction of sp³-hybridized carbons (Fsp3) is 0.333. The zero-order valence-corrected chi connectivity index (χ0v) is 10.9. The van der Waals surface area contributed by atoms with Crippen LogP contribution in [0.25, 0.3) is 0 Å². The quantitative estimate of drug-likeness (QED) is 0.755. The van der Waals surface area contributed by atoms with Gasteiger partial charge in [0, 0.05) is 6.42 Å². The summed E-state index contributed by atoms with van der Waals surface area (Å²) in [6.07, 6.45) is 0.336. The lowest BCUT2D eigenvalue weighted by atomic mass is 10.1. The number of carbonyl (C=O) groups excluding carboxylic acids is 2. The second kappa shape index (κ2) is 5.50. The van der Waals surface area contributed by atoms with Gasteiger partial charge in [-0.2, -0.15) is 0 Å². The van der Waals surface area contributed by atoms with Gasteiger partial charge in [0.1, 0.15) is 6.04 Å². The minimum absolute atomic E-state index is 0.143. The van der Waals surface area contributed by atoms with Crippen LogP contribution in [-0.2, 0) is 25.4 Å². The van der Waals surface area contributed by atoms with E-state index < -0.39 is 22.0 Å². The molecule has 7 heteroatoms. The molecule has 0 aromatic heterocycles. The van der Waals surface area contributed by atoms with Gasteiger partial charge in [0.25, 0.3) is 0 Å². The lowest BCUT2D eigenvalue weighted by molar-refractivity contribution is -0.134. The summed E-state index contributed by atoms with van der Waals surface area (Å²) < 4.78 is 26.2. The molecule has 1 aliphatic rings. The Morgan fingerprint density at radius 3 is 2.53 bits per heavy atom. The van der Waals surface area contributed by atoms with E-state index in [4.69, 9.17) is 0 Å². The summed E-state index contributed by atoms with van der Waals surface area (Å²) in [5.74, 6) is -1.15. The molecule has 1 aromatic rings. The first-order valence-electron chi connectivity index (χ1n) is 5.84. The summed E-state index contributed by atoms with van der Waals surface area (Å²) >= 11 is 0. The minimum Gasteiger partial charge on any atom is -0.295 e. The standard InChI is InChI=1S/C12H14N2O4S/c15-11-7-6-10(12(16)13-11)14-19(17,18)8-9-4-2-1-3-5-9/h1-5,10,14H,6-8H2,(H,13,15,16).